The molecule has 0 fully saturated rings. The van der Waals surface area contributed by atoms with Crippen LogP contribution in [-0.2, 0) is 0 Å². The summed E-state index contributed by atoms with van der Waals surface area (Å²) in [6, 6.07) is 3.03. The van der Waals surface area contributed by atoms with Gasteiger partial charge in [-0.15, -0.1) is 0 Å². The van der Waals surface area contributed by atoms with Crippen molar-refractivity contribution in [2.24, 2.45) is 5.92 Å². The topological polar surface area (TPSA) is 62.2 Å². The molecule has 4 nitrogen and oxygen atoms in total. The number of hydrogen-bond donors (Lipinski definition) is 2. The van der Waals surface area contributed by atoms with E-state index >= 15 is 0 Å². The Morgan fingerprint density at radius 1 is 1.67 bits per heavy atom. The lowest BCUT2D eigenvalue weighted by Gasteiger charge is -2.09. The van der Waals surface area contributed by atoms with Crippen LogP contribution in [0.25, 0.3) is 0 Å². The van der Waals surface area contributed by atoms with Crippen molar-refractivity contribution in [3.05, 3.63) is 24.0 Å². The molecule has 1 unspecified atom stereocenters. The standard InChI is InChI=1S/C11H16N2O2/c1-3-8(2)7-13-11(15)10-9(14)5-4-6-12-10/h4-6,8,14H,3,7H2,1-2H3,(H,13,15). The first-order valence-electron chi connectivity index (χ1n) is 5.07. The van der Waals surface area contributed by atoms with E-state index in [2.05, 4.69) is 24.1 Å². The SMILES string of the molecule is CCC(C)CNC(=O)c1ncccc1O. The van der Waals surface area contributed by atoms with E-state index in [1.807, 2.05) is 0 Å². The number of aromatic nitrogens is 1. The minimum absolute atomic E-state index is 0.0841. The molecule has 82 valence electrons. The first kappa shape index (κ1) is 11.5. The van der Waals surface area contributed by atoms with E-state index in [1.54, 1.807) is 6.07 Å². The number of carbonyl (C=O) groups excluding carboxylic acids is 1. The molecule has 0 aromatic carbocycles. The molecule has 0 saturated heterocycles. The monoisotopic (exact) mass is 208 g/mol. The fourth-order valence-electron chi connectivity index (χ4n) is 1.07. The molecule has 0 radical (unpaired) electrons. The maximum absolute atomic E-state index is 11.6. The van der Waals surface area contributed by atoms with Crippen molar-refractivity contribution in [3.63, 3.8) is 0 Å². The summed E-state index contributed by atoms with van der Waals surface area (Å²) in [7, 11) is 0. The molecule has 0 aliphatic carbocycles. The molecule has 1 aromatic rings. The minimum Gasteiger partial charge on any atom is -0.505 e. The van der Waals surface area contributed by atoms with E-state index in [4.69, 9.17) is 0 Å². The summed E-state index contributed by atoms with van der Waals surface area (Å²) in [4.78, 5) is 15.4. The number of amides is 1. The zero-order chi connectivity index (χ0) is 11.3. The molecular weight excluding hydrogens is 192 g/mol. The number of hydrogen-bond acceptors (Lipinski definition) is 3. The molecule has 0 bridgehead atoms. The van der Waals surface area contributed by atoms with E-state index < -0.39 is 0 Å². The van der Waals surface area contributed by atoms with Crippen LogP contribution in [0.3, 0.4) is 0 Å². The third-order valence-corrected chi connectivity index (χ3v) is 2.31. The van der Waals surface area contributed by atoms with Crippen LogP contribution in [0.2, 0.25) is 0 Å². The third-order valence-electron chi connectivity index (χ3n) is 2.31. The third kappa shape index (κ3) is 3.23. The van der Waals surface area contributed by atoms with Crippen LogP contribution in [0.4, 0.5) is 0 Å². The van der Waals surface area contributed by atoms with Crippen LogP contribution in [0.5, 0.6) is 5.75 Å². The molecule has 2 N–H and O–H groups in total. The Hall–Kier alpha value is -1.58. The largest absolute Gasteiger partial charge is 0.505 e. The lowest BCUT2D eigenvalue weighted by molar-refractivity contribution is 0.0940. The van der Waals surface area contributed by atoms with Crippen LogP contribution in [0.1, 0.15) is 30.8 Å². The van der Waals surface area contributed by atoms with Crippen molar-refractivity contribution < 1.29 is 9.90 Å². The summed E-state index contributed by atoms with van der Waals surface area (Å²) in [5.74, 6) is 0.0207. The van der Waals surface area contributed by atoms with E-state index in [0.717, 1.165) is 6.42 Å². The highest BCUT2D eigenvalue weighted by molar-refractivity contribution is 5.94. The number of carbonyl (C=O) groups is 1. The van der Waals surface area contributed by atoms with Gasteiger partial charge in [0.1, 0.15) is 5.75 Å². The quantitative estimate of drug-likeness (QED) is 0.789. The zero-order valence-electron chi connectivity index (χ0n) is 9.03. The molecular formula is C11H16N2O2. The second kappa shape index (κ2) is 5.34. The second-order valence-corrected chi connectivity index (χ2v) is 3.59. The van der Waals surface area contributed by atoms with Crippen LogP contribution < -0.4 is 5.32 Å². The molecule has 0 saturated carbocycles. The van der Waals surface area contributed by atoms with Crippen molar-refractivity contribution in [2.45, 2.75) is 20.3 Å². The van der Waals surface area contributed by atoms with E-state index in [9.17, 15) is 9.90 Å². The Labute approximate surface area is 89.3 Å². The Kier molecular flexibility index (Phi) is 4.09. The Bertz CT molecular complexity index is 339. The zero-order valence-corrected chi connectivity index (χ0v) is 9.03. The second-order valence-electron chi connectivity index (χ2n) is 3.59. The molecule has 4 heteroatoms. The van der Waals surface area contributed by atoms with Gasteiger partial charge in [0.05, 0.1) is 0 Å². The minimum atomic E-state index is -0.326. The van der Waals surface area contributed by atoms with Gasteiger partial charge in [-0.3, -0.25) is 4.79 Å². The van der Waals surface area contributed by atoms with Crippen LogP contribution in [0.15, 0.2) is 18.3 Å². The molecule has 1 heterocycles. The van der Waals surface area contributed by atoms with Gasteiger partial charge in [0.25, 0.3) is 5.91 Å². The first-order valence-corrected chi connectivity index (χ1v) is 5.07. The summed E-state index contributed by atoms with van der Waals surface area (Å²) in [5.41, 5.74) is 0.0841. The van der Waals surface area contributed by atoms with E-state index in [-0.39, 0.29) is 17.4 Å². The average Bonchev–Trinajstić information content (AvgIpc) is 2.26. The van der Waals surface area contributed by atoms with Gasteiger partial charge in [-0.25, -0.2) is 4.98 Å². The summed E-state index contributed by atoms with van der Waals surface area (Å²) in [5, 5.41) is 12.1. The maximum atomic E-state index is 11.6. The molecule has 1 aromatic heterocycles. The Balaban J connectivity index is 2.58. The Morgan fingerprint density at radius 3 is 3.00 bits per heavy atom. The van der Waals surface area contributed by atoms with Crippen LogP contribution >= 0.6 is 0 Å². The van der Waals surface area contributed by atoms with Gasteiger partial charge in [-0.05, 0) is 18.1 Å². The summed E-state index contributed by atoms with van der Waals surface area (Å²) >= 11 is 0. The van der Waals surface area contributed by atoms with Gasteiger partial charge < -0.3 is 10.4 Å². The molecule has 15 heavy (non-hydrogen) atoms. The molecule has 0 aliphatic rings. The van der Waals surface area contributed by atoms with Crippen molar-refractivity contribution in [1.29, 1.82) is 0 Å². The number of nitrogens with zero attached hydrogens (tertiary/aromatic N) is 1. The highest BCUT2D eigenvalue weighted by Gasteiger charge is 2.12. The van der Waals surface area contributed by atoms with E-state index in [0.29, 0.717) is 12.5 Å². The van der Waals surface area contributed by atoms with Crippen LogP contribution in [-0.4, -0.2) is 22.5 Å². The number of aromatic hydroxyl groups is 1. The number of rotatable bonds is 4. The molecule has 0 aliphatic heterocycles. The maximum Gasteiger partial charge on any atom is 0.273 e. The fourth-order valence-corrected chi connectivity index (χ4v) is 1.07. The number of pyridine rings is 1. The highest BCUT2D eigenvalue weighted by Crippen LogP contribution is 2.12. The fraction of sp³-hybridized carbons (Fsp3) is 0.455. The lowest BCUT2D eigenvalue weighted by atomic mass is 10.1. The van der Waals surface area contributed by atoms with E-state index in [1.165, 1.54) is 12.3 Å². The highest BCUT2D eigenvalue weighted by atomic mass is 16.3. The molecule has 1 atom stereocenters. The lowest BCUT2D eigenvalue weighted by Crippen LogP contribution is -2.28. The van der Waals surface area contributed by atoms with Crippen molar-refractivity contribution in [3.8, 4) is 5.75 Å². The average molecular weight is 208 g/mol. The van der Waals surface area contributed by atoms with Gasteiger partial charge >= 0.3 is 0 Å². The van der Waals surface area contributed by atoms with Gasteiger partial charge in [0.2, 0.25) is 0 Å². The summed E-state index contributed by atoms with van der Waals surface area (Å²) < 4.78 is 0. The normalized spacial score (nSPS) is 12.1. The predicted octanol–water partition coefficient (Wildman–Crippen LogP) is 1.56. The van der Waals surface area contributed by atoms with Crippen molar-refractivity contribution >= 4 is 5.91 Å². The smallest absolute Gasteiger partial charge is 0.273 e. The molecule has 1 amide bonds. The summed E-state index contributed by atoms with van der Waals surface area (Å²) in [6.07, 6.45) is 2.49. The van der Waals surface area contributed by atoms with Crippen molar-refractivity contribution in [2.75, 3.05) is 6.54 Å². The first-order chi connectivity index (χ1) is 7.15. The van der Waals surface area contributed by atoms with Crippen molar-refractivity contribution in [1.82, 2.24) is 10.3 Å². The number of nitrogens with one attached hydrogen (secondary N) is 1. The Morgan fingerprint density at radius 2 is 2.40 bits per heavy atom. The van der Waals surface area contributed by atoms with Gasteiger partial charge in [0.15, 0.2) is 5.69 Å². The molecule has 1 rings (SSSR count). The van der Waals surface area contributed by atoms with Crippen LogP contribution in [0, 0.1) is 5.92 Å². The van der Waals surface area contributed by atoms with Gasteiger partial charge in [-0.1, -0.05) is 20.3 Å². The predicted molar refractivity (Wildman–Crippen MR) is 57.7 cm³/mol. The van der Waals surface area contributed by atoms with Gasteiger partial charge in [0, 0.05) is 12.7 Å². The van der Waals surface area contributed by atoms with Gasteiger partial charge in [-0.2, -0.15) is 0 Å². The summed E-state index contributed by atoms with van der Waals surface area (Å²) in [6.45, 7) is 4.72. The molecule has 0 spiro atoms.